The third-order valence-electron chi connectivity index (χ3n) is 3.77. The molecule has 1 heterocycles. The molecule has 0 aliphatic carbocycles. The maximum absolute atomic E-state index is 6.12. The molecule has 0 aliphatic heterocycles. The van der Waals surface area contributed by atoms with Crippen LogP contribution in [0.4, 0.5) is 0 Å². The molecule has 0 amide bonds. The molecule has 4 heteroatoms. The molecule has 1 rings (SSSR count). The van der Waals surface area contributed by atoms with Crippen LogP contribution in [-0.4, -0.2) is 33.8 Å². The van der Waals surface area contributed by atoms with E-state index in [0.29, 0.717) is 6.10 Å². The zero-order valence-corrected chi connectivity index (χ0v) is 15.3. The van der Waals surface area contributed by atoms with E-state index in [4.69, 9.17) is 4.74 Å². The van der Waals surface area contributed by atoms with Crippen LogP contribution in [0.5, 0.6) is 0 Å². The smallest absolute Gasteiger partial charge is 0.0946 e. The summed E-state index contributed by atoms with van der Waals surface area (Å²) in [5.74, 6) is 2.36. The van der Waals surface area contributed by atoms with E-state index in [0.717, 1.165) is 18.9 Å². The van der Waals surface area contributed by atoms with E-state index < -0.39 is 0 Å². The predicted octanol–water partition coefficient (Wildman–Crippen LogP) is 5.16. The van der Waals surface area contributed by atoms with E-state index in [9.17, 15) is 0 Å². The maximum Gasteiger partial charge on any atom is 0.0946 e. The second-order valence-corrected chi connectivity index (χ2v) is 7.10. The zero-order chi connectivity index (χ0) is 15.9. The predicted molar refractivity (Wildman–Crippen MR) is 97.6 cm³/mol. The number of thioether (sulfide) groups is 1. The lowest BCUT2D eigenvalue weighted by atomic mass is 10.2. The Morgan fingerprint density at radius 3 is 2.50 bits per heavy atom. The summed E-state index contributed by atoms with van der Waals surface area (Å²) in [6.45, 7) is 6.34. The van der Waals surface area contributed by atoms with Gasteiger partial charge in [0.25, 0.3) is 0 Å². The molecule has 0 saturated heterocycles. The highest BCUT2D eigenvalue weighted by molar-refractivity contribution is 7.99. The second-order valence-electron chi connectivity index (χ2n) is 5.95. The van der Waals surface area contributed by atoms with Gasteiger partial charge in [-0.25, -0.2) is 4.98 Å². The highest BCUT2D eigenvalue weighted by Gasteiger charge is 2.10. The largest absolute Gasteiger partial charge is 0.376 e. The van der Waals surface area contributed by atoms with Crippen LogP contribution in [0.3, 0.4) is 0 Å². The highest BCUT2D eigenvalue weighted by Crippen LogP contribution is 2.13. The molecule has 3 nitrogen and oxygen atoms in total. The van der Waals surface area contributed by atoms with Crippen molar-refractivity contribution >= 4 is 11.8 Å². The molecule has 1 aromatic heterocycles. The summed E-state index contributed by atoms with van der Waals surface area (Å²) in [6, 6.07) is 0. The van der Waals surface area contributed by atoms with Crippen LogP contribution in [0, 0.1) is 0 Å². The summed E-state index contributed by atoms with van der Waals surface area (Å²) in [5, 5.41) is 0. The van der Waals surface area contributed by atoms with Crippen molar-refractivity contribution in [2.24, 2.45) is 0 Å². The van der Waals surface area contributed by atoms with Gasteiger partial charge >= 0.3 is 0 Å². The first-order valence-corrected chi connectivity index (χ1v) is 10.2. The number of hydrogen-bond donors (Lipinski definition) is 0. The molecular weight excluding hydrogens is 292 g/mol. The van der Waals surface area contributed by atoms with Crippen LogP contribution in [0.25, 0.3) is 0 Å². The number of ether oxygens (including phenoxy) is 1. The Hall–Kier alpha value is -0.480. The quantitative estimate of drug-likeness (QED) is 0.416. The van der Waals surface area contributed by atoms with Gasteiger partial charge in [0.1, 0.15) is 0 Å². The Morgan fingerprint density at radius 2 is 1.82 bits per heavy atom. The first kappa shape index (κ1) is 19.6. The molecule has 22 heavy (non-hydrogen) atoms. The van der Waals surface area contributed by atoms with Crippen molar-refractivity contribution in [3.8, 4) is 0 Å². The van der Waals surface area contributed by atoms with E-state index in [2.05, 4.69) is 23.4 Å². The van der Waals surface area contributed by atoms with Crippen LogP contribution >= 0.6 is 11.8 Å². The molecule has 1 aromatic rings. The number of imidazole rings is 1. The molecule has 0 saturated carbocycles. The van der Waals surface area contributed by atoms with Crippen molar-refractivity contribution < 1.29 is 4.74 Å². The van der Waals surface area contributed by atoms with Crippen LogP contribution in [0.2, 0.25) is 0 Å². The lowest BCUT2D eigenvalue weighted by Gasteiger charge is -2.18. The first-order valence-electron chi connectivity index (χ1n) is 9.01. The van der Waals surface area contributed by atoms with Crippen LogP contribution in [0.15, 0.2) is 18.7 Å². The fourth-order valence-electron chi connectivity index (χ4n) is 2.41. The van der Waals surface area contributed by atoms with Gasteiger partial charge in [0.05, 0.1) is 19.0 Å². The van der Waals surface area contributed by atoms with Crippen LogP contribution < -0.4 is 0 Å². The molecule has 0 aromatic carbocycles. The number of rotatable bonds is 15. The third kappa shape index (κ3) is 10.3. The van der Waals surface area contributed by atoms with Crippen molar-refractivity contribution in [2.45, 2.75) is 77.9 Å². The third-order valence-corrected chi connectivity index (χ3v) is 4.96. The Labute approximate surface area is 141 Å². The minimum absolute atomic E-state index is 0.312. The van der Waals surface area contributed by atoms with Gasteiger partial charge in [-0.2, -0.15) is 11.8 Å². The van der Waals surface area contributed by atoms with Gasteiger partial charge < -0.3 is 9.30 Å². The molecule has 128 valence electrons. The monoisotopic (exact) mass is 326 g/mol. The van der Waals surface area contributed by atoms with Gasteiger partial charge in [0.2, 0.25) is 0 Å². The molecule has 0 aliphatic rings. The Bertz CT molecular complexity index is 330. The van der Waals surface area contributed by atoms with E-state index in [-0.39, 0.29) is 0 Å². The number of unbranched alkanes of at least 4 members (excludes halogenated alkanes) is 6. The summed E-state index contributed by atoms with van der Waals surface area (Å²) in [5.41, 5.74) is 0. The van der Waals surface area contributed by atoms with Gasteiger partial charge in [-0.1, -0.05) is 52.4 Å². The minimum atomic E-state index is 0.312. The maximum atomic E-state index is 6.12. The van der Waals surface area contributed by atoms with E-state index >= 15 is 0 Å². The highest BCUT2D eigenvalue weighted by atomic mass is 32.2. The van der Waals surface area contributed by atoms with E-state index in [1.165, 1.54) is 57.1 Å². The number of nitrogens with zero attached hydrogens (tertiary/aromatic N) is 2. The van der Waals surface area contributed by atoms with Crippen molar-refractivity contribution in [1.29, 1.82) is 0 Å². The first-order chi connectivity index (χ1) is 10.9. The molecule has 0 bridgehead atoms. The molecule has 0 N–H and O–H groups in total. The van der Waals surface area contributed by atoms with Crippen molar-refractivity contribution in [3.63, 3.8) is 0 Å². The van der Waals surface area contributed by atoms with Gasteiger partial charge in [0.15, 0.2) is 0 Å². The van der Waals surface area contributed by atoms with Gasteiger partial charge in [-0.05, 0) is 18.6 Å². The van der Waals surface area contributed by atoms with Gasteiger partial charge in [-0.3, -0.25) is 0 Å². The zero-order valence-electron chi connectivity index (χ0n) is 14.5. The summed E-state index contributed by atoms with van der Waals surface area (Å²) in [7, 11) is 0. The van der Waals surface area contributed by atoms with Crippen LogP contribution in [0.1, 0.15) is 65.2 Å². The van der Waals surface area contributed by atoms with Crippen molar-refractivity contribution in [1.82, 2.24) is 9.55 Å². The lowest BCUT2D eigenvalue weighted by molar-refractivity contribution is 0.0548. The Morgan fingerprint density at radius 1 is 1.05 bits per heavy atom. The standard InChI is InChI=1S/C18H34N2OS/c1-3-5-7-9-13-21-18(15-20-12-11-19-17-20)16-22-14-10-8-6-4-2/h11-12,17-18H,3-10,13-16H2,1-2H3. The SMILES string of the molecule is CCCCCCOC(CSCCCCCC)Cn1ccnc1. The lowest BCUT2D eigenvalue weighted by Crippen LogP contribution is -2.23. The van der Waals surface area contributed by atoms with Gasteiger partial charge in [-0.15, -0.1) is 0 Å². The topological polar surface area (TPSA) is 27.1 Å². The summed E-state index contributed by atoms with van der Waals surface area (Å²) < 4.78 is 8.25. The van der Waals surface area contributed by atoms with E-state index in [1.807, 2.05) is 30.5 Å². The molecular formula is C18H34N2OS. The minimum Gasteiger partial charge on any atom is -0.376 e. The fourth-order valence-corrected chi connectivity index (χ4v) is 3.45. The molecule has 1 atom stereocenters. The average Bonchev–Trinajstić information content (AvgIpc) is 3.03. The van der Waals surface area contributed by atoms with Crippen LogP contribution in [-0.2, 0) is 11.3 Å². The molecule has 0 radical (unpaired) electrons. The number of aromatic nitrogens is 2. The van der Waals surface area contributed by atoms with Crippen molar-refractivity contribution in [3.05, 3.63) is 18.7 Å². The Balaban J connectivity index is 2.19. The van der Waals surface area contributed by atoms with E-state index in [1.54, 1.807) is 0 Å². The Kier molecular flexibility index (Phi) is 12.6. The molecule has 1 unspecified atom stereocenters. The molecule has 0 spiro atoms. The fraction of sp³-hybridized carbons (Fsp3) is 0.833. The number of hydrogen-bond acceptors (Lipinski definition) is 3. The van der Waals surface area contributed by atoms with Crippen molar-refractivity contribution in [2.75, 3.05) is 18.1 Å². The molecule has 0 fully saturated rings. The average molecular weight is 327 g/mol. The van der Waals surface area contributed by atoms with Gasteiger partial charge in [0, 0.05) is 24.8 Å². The summed E-state index contributed by atoms with van der Waals surface area (Å²) in [6.07, 6.45) is 16.5. The second kappa shape index (κ2) is 14.1. The summed E-state index contributed by atoms with van der Waals surface area (Å²) in [4.78, 5) is 4.13. The normalized spacial score (nSPS) is 12.6. The summed E-state index contributed by atoms with van der Waals surface area (Å²) >= 11 is 2.04.